The van der Waals surface area contributed by atoms with Gasteiger partial charge in [-0.2, -0.15) is 13.2 Å². The molecule has 1 aliphatic carbocycles. The molecule has 0 radical (unpaired) electrons. The van der Waals surface area contributed by atoms with Crippen LogP contribution in [0.1, 0.15) is 19.3 Å². The first kappa shape index (κ1) is 16.1. The van der Waals surface area contributed by atoms with E-state index < -0.39 is 49.1 Å². The first-order valence-electron chi connectivity index (χ1n) is 5.75. The van der Waals surface area contributed by atoms with E-state index in [0.717, 1.165) is 0 Å². The zero-order chi connectivity index (χ0) is 15.5. The van der Waals surface area contributed by atoms with Gasteiger partial charge in [0.2, 0.25) is 5.91 Å². The lowest BCUT2D eigenvalue weighted by Gasteiger charge is -2.25. The van der Waals surface area contributed by atoms with E-state index in [-0.39, 0.29) is 0 Å². The van der Waals surface area contributed by atoms with Crippen LogP contribution in [0.5, 0.6) is 0 Å². The van der Waals surface area contributed by atoms with E-state index in [1.807, 2.05) is 5.32 Å². The molecule has 0 aromatic carbocycles. The Morgan fingerprint density at radius 1 is 1.35 bits per heavy atom. The van der Waals surface area contributed by atoms with Gasteiger partial charge >= 0.3 is 18.2 Å². The normalized spacial score (nSPS) is 16.4. The van der Waals surface area contributed by atoms with Gasteiger partial charge in [-0.05, 0) is 12.8 Å². The summed E-state index contributed by atoms with van der Waals surface area (Å²) in [5, 5.41) is 10.7. The van der Waals surface area contributed by atoms with E-state index in [2.05, 4.69) is 0 Å². The number of halogens is 3. The summed E-state index contributed by atoms with van der Waals surface area (Å²) in [4.78, 5) is 33.7. The molecule has 3 amide bonds. The number of amides is 3. The maximum atomic E-state index is 12.3. The molecule has 1 fully saturated rings. The molecule has 4 N–H and O–H groups in total. The van der Waals surface area contributed by atoms with E-state index >= 15 is 0 Å². The van der Waals surface area contributed by atoms with Crippen LogP contribution < -0.4 is 11.1 Å². The topological polar surface area (TPSA) is 113 Å². The highest BCUT2D eigenvalue weighted by Crippen LogP contribution is 2.30. The molecule has 20 heavy (non-hydrogen) atoms. The average molecular weight is 297 g/mol. The maximum Gasteiger partial charge on any atom is 0.406 e. The van der Waals surface area contributed by atoms with Gasteiger partial charge in [-0.1, -0.05) is 0 Å². The van der Waals surface area contributed by atoms with Gasteiger partial charge < -0.3 is 21.1 Å². The molecule has 1 atom stereocenters. The Kier molecular flexibility index (Phi) is 4.79. The number of aliphatic carboxylic acids is 1. The second-order valence-corrected chi connectivity index (χ2v) is 4.49. The maximum absolute atomic E-state index is 12.3. The zero-order valence-electron chi connectivity index (χ0n) is 10.3. The highest BCUT2D eigenvalue weighted by Gasteiger charge is 2.41. The summed E-state index contributed by atoms with van der Waals surface area (Å²) in [6.45, 7) is -1.47. The van der Waals surface area contributed by atoms with Crippen LogP contribution in [0.3, 0.4) is 0 Å². The van der Waals surface area contributed by atoms with Gasteiger partial charge in [0, 0.05) is 6.04 Å². The van der Waals surface area contributed by atoms with Crippen molar-refractivity contribution in [1.29, 1.82) is 0 Å². The molecule has 114 valence electrons. The molecule has 0 spiro atoms. The largest absolute Gasteiger partial charge is 0.480 e. The minimum atomic E-state index is -4.58. The predicted octanol–water partition coefficient (Wildman–Crippen LogP) is 0.0513. The Morgan fingerprint density at radius 2 is 1.90 bits per heavy atom. The van der Waals surface area contributed by atoms with Crippen LogP contribution in [0, 0.1) is 0 Å². The fourth-order valence-electron chi connectivity index (χ4n) is 1.58. The Bertz CT molecular complexity index is 409. The lowest BCUT2D eigenvalue weighted by Crippen LogP contribution is -2.52. The molecule has 1 rings (SSSR count). The van der Waals surface area contributed by atoms with Gasteiger partial charge in [0.15, 0.2) is 0 Å². The summed E-state index contributed by atoms with van der Waals surface area (Å²) in [5.41, 5.74) is 4.81. The van der Waals surface area contributed by atoms with Crippen LogP contribution in [0.25, 0.3) is 0 Å². The minimum absolute atomic E-state index is 0.428. The molecule has 0 unspecified atom stereocenters. The van der Waals surface area contributed by atoms with E-state index in [1.54, 1.807) is 0 Å². The average Bonchev–Trinajstić information content (AvgIpc) is 3.06. The van der Waals surface area contributed by atoms with Gasteiger partial charge in [-0.15, -0.1) is 0 Å². The number of primary amides is 1. The first-order chi connectivity index (χ1) is 9.10. The van der Waals surface area contributed by atoms with Crippen molar-refractivity contribution in [2.45, 2.75) is 37.5 Å². The summed E-state index contributed by atoms with van der Waals surface area (Å²) in [5.74, 6) is -2.52. The number of hydrogen-bond acceptors (Lipinski definition) is 3. The molecular weight excluding hydrogens is 283 g/mol. The summed E-state index contributed by atoms with van der Waals surface area (Å²) < 4.78 is 37.0. The number of nitrogens with two attached hydrogens (primary N) is 1. The molecule has 10 heteroatoms. The summed E-state index contributed by atoms with van der Waals surface area (Å²) >= 11 is 0. The van der Waals surface area contributed by atoms with Crippen LogP contribution in [0.15, 0.2) is 0 Å². The quantitative estimate of drug-likeness (QED) is 0.643. The number of urea groups is 1. The lowest BCUT2D eigenvalue weighted by atomic mass is 10.2. The molecular formula is C10H14F3N3O4. The van der Waals surface area contributed by atoms with E-state index in [4.69, 9.17) is 10.8 Å². The Labute approximate surface area is 111 Å². The molecule has 0 aromatic heterocycles. The third kappa shape index (κ3) is 5.33. The smallest absolute Gasteiger partial charge is 0.406 e. The first-order valence-corrected chi connectivity index (χ1v) is 5.75. The minimum Gasteiger partial charge on any atom is -0.480 e. The van der Waals surface area contributed by atoms with Crippen LogP contribution in [-0.4, -0.2) is 52.7 Å². The van der Waals surface area contributed by atoms with Crippen LogP contribution >= 0.6 is 0 Å². The third-order valence-electron chi connectivity index (χ3n) is 2.60. The van der Waals surface area contributed by atoms with Crippen LogP contribution in [-0.2, 0) is 9.59 Å². The van der Waals surface area contributed by atoms with Crippen molar-refractivity contribution in [1.82, 2.24) is 10.2 Å². The van der Waals surface area contributed by atoms with Crippen LogP contribution in [0.2, 0.25) is 0 Å². The van der Waals surface area contributed by atoms with Crippen molar-refractivity contribution in [3.63, 3.8) is 0 Å². The number of alkyl halides is 3. The van der Waals surface area contributed by atoms with E-state index in [9.17, 15) is 27.6 Å². The van der Waals surface area contributed by atoms with E-state index in [1.165, 1.54) is 0 Å². The Morgan fingerprint density at radius 3 is 2.25 bits per heavy atom. The van der Waals surface area contributed by atoms with Crippen LogP contribution in [0.4, 0.5) is 18.0 Å². The van der Waals surface area contributed by atoms with Gasteiger partial charge in [-0.25, -0.2) is 9.59 Å². The molecule has 0 saturated heterocycles. The standard InChI is InChI=1S/C10H14F3N3O4/c11-10(12,13)4-16(5-1-2-5)9(20)15-6(8(18)19)3-7(14)17/h5-6H,1-4H2,(H2,14,17)(H,15,20)(H,18,19)/t6-/m0/s1. The summed E-state index contributed by atoms with van der Waals surface area (Å²) in [6.07, 6.45) is -4.41. The highest BCUT2D eigenvalue weighted by atomic mass is 19.4. The Balaban J connectivity index is 2.69. The van der Waals surface area contributed by atoms with Crippen molar-refractivity contribution in [2.24, 2.45) is 5.73 Å². The number of nitrogens with one attached hydrogen (secondary N) is 1. The number of hydrogen-bond donors (Lipinski definition) is 3. The zero-order valence-corrected chi connectivity index (χ0v) is 10.3. The van der Waals surface area contributed by atoms with Crippen molar-refractivity contribution in [3.05, 3.63) is 0 Å². The van der Waals surface area contributed by atoms with Gasteiger partial charge in [0.05, 0.1) is 6.42 Å². The molecule has 0 aliphatic heterocycles. The number of carboxylic acids is 1. The number of carbonyl (C=O) groups excluding carboxylic acids is 2. The fourth-order valence-corrected chi connectivity index (χ4v) is 1.58. The Hall–Kier alpha value is -2.00. The number of carbonyl (C=O) groups is 3. The highest BCUT2D eigenvalue weighted by molar-refractivity contribution is 5.87. The third-order valence-corrected chi connectivity index (χ3v) is 2.60. The molecule has 7 nitrogen and oxygen atoms in total. The second-order valence-electron chi connectivity index (χ2n) is 4.49. The van der Waals surface area contributed by atoms with Gasteiger partial charge in [0.25, 0.3) is 0 Å². The van der Waals surface area contributed by atoms with Gasteiger partial charge in [0.1, 0.15) is 12.6 Å². The lowest BCUT2D eigenvalue weighted by molar-refractivity contribution is -0.142. The molecule has 0 bridgehead atoms. The second kappa shape index (κ2) is 5.97. The molecule has 0 aromatic rings. The monoisotopic (exact) mass is 297 g/mol. The predicted molar refractivity (Wildman–Crippen MR) is 59.5 cm³/mol. The number of rotatable bonds is 6. The van der Waals surface area contributed by atoms with Crippen molar-refractivity contribution >= 4 is 17.9 Å². The number of carboxylic acid groups (broad SMARTS) is 1. The molecule has 0 heterocycles. The van der Waals surface area contributed by atoms with Crippen molar-refractivity contribution in [2.75, 3.05) is 6.54 Å². The van der Waals surface area contributed by atoms with Crippen molar-refractivity contribution < 1.29 is 32.7 Å². The van der Waals surface area contributed by atoms with E-state index in [0.29, 0.717) is 17.7 Å². The molecule has 1 saturated carbocycles. The van der Waals surface area contributed by atoms with Crippen molar-refractivity contribution in [3.8, 4) is 0 Å². The summed E-state index contributed by atoms with van der Waals surface area (Å²) in [7, 11) is 0. The SMILES string of the molecule is NC(=O)C[C@H](NC(=O)N(CC(F)(F)F)C1CC1)C(=O)O. The molecule has 1 aliphatic rings. The fraction of sp³-hybridized carbons (Fsp3) is 0.700. The summed E-state index contributed by atoms with van der Waals surface area (Å²) in [6, 6.07) is -3.37. The number of nitrogens with zero attached hydrogens (tertiary/aromatic N) is 1. The van der Waals surface area contributed by atoms with Gasteiger partial charge in [-0.3, -0.25) is 4.79 Å².